The molecule has 3 aliphatic heterocycles. The number of aryl methyl sites for hydroxylation is 1. The van der Waals surface area contributed by atoms with E-state index in [1.165, 1.54) is 32.0 Å². The van der Waals surface area contributed by atoms with Gasteiger partial charge in [-0.25, -0.2) is 28.7 Å². The zero-order valence-electron chi connectivity index (χ0n) is 23.0. The maximum atomic E-state index is 15.0. The number of likely N-dealkylation sites (tertiary alicyclic amines) is 2. The Morgan fingerprint density at radius 2 is 1.82 bits per heavy atom. The van der Waals surface area contributed by atoms with Crippen LogP contribution in [0.15, 0.2) is 36.7 Å². The second kappa shape index (κ2) is 9.85. The van der Waals surface area contributed by atoms with Gasteiger partial charge in [0.05, 0.1) is 11.7 Å². The van der Waals surface area contributed by atoms with E-state index in [1.54, 1.807) is 6.07 Å². The SMILES string of the molecule is CCN1CC2(CCN(Cc3ccc(Nc4ncc(F)c(-c5cc(F)c6nc7n(c6c5)C(C)CC7)n4)nc3)CC2)C1. The summed E-state index contributed by atoms with van der Waals surface area (Å²) in [5, 5.41) is 3.07. The predicted molar refractivity (Wildman–Crippen MR) is 150 cm³/mol. The standard InChI is InChI=1S/C30H34F2N8/c1-3-38-17-30(18-38)8-10-39(11-9-30)16-20-5-6-25(33-14-20)35-29-34-15-23(32)27(37-29)21-12-22(31)28-24(13-21)40-19(2)4-7-26(40)36-28/h5-6,12-15,19H,3-4,7-11,16-18H2,1-2H3,(H,33,34,35,37). The monoisotopic (exact) mass is 544 g/mol. The zero-order chi connectivity index (χ0) is 27.4. The van der Waals surface area contributed by atoms with Gasteiger partial charge in [0.25, 0.3) is 0 Å². The normalized spacial score (nSPS) is 20.6. The predicted octanol–water partition coefficient (Wildman–Crippen LogP) is 5.34. The Kier molecular flexibility index (Phi) is 6.27. The number of halogens is 2. The number of rotatable bonds is 6. The van der Waals surface area contributed by atoms with Crippen molar-refractivity contribution in [1.29, 1.82) is 0 Å². The topological polar surface area (TPSA) is 75.0 Å². The molecule has 0 amide bonds. The smallest absolute Gasteiger partial charge is 0.229 e. The van der Waals surface area contributed by atoms with Crippen molar-refractivity contribution in [3.63, 3.8) is 0 Å². The van der Waals surface area contributed by atoms with Gasteiger partial charge in [0, 0.05) is 43.9 Å². The molecule has 1 N–H and O–H groups in total. The zero-order valence-corrected chi connectivity index (χ0v) is 23.0. The van der Waals surface area contributed by atoms with Crippen LogP contribution in [0, 0.1) is 17.0 Å². The maximum Gasteiger partial charge on any atom is 0.229 e. The van der Waals surface area contributed by atoms with Crippen molar-refractivity contribution < 1.29 is 8.78 Å². The third-order valence-electron chi connectivity index (χ3n) is 9.02. The van der Waals surface area contributed by atoms with Crippen molar-refractivity contribution in [1.82, 2.24) is 34.3 Å². The quantitative estimate of drug-likeness (QED) is 0.351. The Balaban J connectivity index is 1.04. The van der Waals surface area contributed by atoms with Gasteiger partial charge in [-0.1, -0.05) is 13.0 Å². The minimum absolute atomic E-state index is 0.0347. The van der Waals surface area contributed by atoms with Crippen LogP contribution in [-0.4, -0.2) is 67.0 Å². The molecule has 0 radical (unpaired) electrons. The molecule has 1 aromatic carbocycles. The molecule has 4 aromatic rings. The number of imidazole rings is 1. The number of fused-ring (bicyclic) bond motifs is 3. The molecule has 3 aromatic heterocycles. The van der Waals surface area contributed by atoms with Gasteiger partial charge in [-0.3, -0.25) is 4.90 Å². The molecule has 6 heterocycles. The Morgan fingerprint density at radius 3 is 2.58 bits per heavy atom. The highest BCUT2D eigenvalue weighted by molar-refractivity contribution is 5.83. The lowest BCUT2D eigenvalue weighted by Gasteiger charge is -2.54. The van der Waals surface area contributed by atoms with Crippen LogP contribution in [0.4, 0.5) is 20.5 Å². The van der Waals surface area contributed by atoms with Crippen LogP contribution < -0.4 is 5.32 Å². The number of nitrogens with zero attached hydrogens (tertiary/aromatic N) is 7. The minimum Gasteiger partial charge on any atom is -0.325 e. The van der Waals surface area contributed by atoms with E-state index < -0.39 is 11.6 Å². The number of hydrogen-bond acceptors (Lipinski definition) is 7. The Labute approximate surface area is 232 Å². The summed E-state index contributed by atoms with van der Waals surface area (Å²) in [4.78, 5) is 22.5. The van der Waals surface area contributed by atoms with E-state index >= 15 is 4.39 Å². The number of aromatic nitrogens is 5. The van der Waals surface area contributed by atoms with E-state index in [4.69, 9.17) is 0 Å². The summed E-state index contributed by atoms with van der Waals surface area (Å²) in [6.07, 6.45) is 7.27. The van der Waals surface area contributed by atoms with E-state index in [0.717, 1.165) is 56.6 Å². The molecule has 0 aliphatic carbocycles. The molecule has 208 valence electrons. The second-order valence-corrected chi connectivity index (χ2v) is 11.8. The molecule has 7 rings (SSSR count). The van der Waals surface area contributed by atoms with Gasteiger partial charge >= 0.3 is 0 Å². The van der Waals surface area contributed by atoms with Gasteiger partial charge in [-0.05, 0) is 75.0 Å². The van der Waals surface area contributed by atoms with Crippen LogP contribution in [0.1, 0.15) is 50.5 Å². The Bertz CT molecular complexity index is 1550. The van der Waals surface area contributed by atoms with Crippen LogP contribution >= 0.6 is 0 Å². The van der Waals surface area contributed by atoms with Crippen molar-refractivity contribution in [3.05, 3.63) is 59.7 Å². The average molecular weight is 545 g/mol. The van der Waals surface area contributed by atoms with Crippen LogP contribution in [0.3, 0.4) is 0 Å². The first-order chi connectivity index (χ1) is 19.4. The van der Waals surface area contributed by atoms with Crippen molar-refractivity contribution in [3.8, 4) is 11.3 Å². The van der Waals surface area contributed by atoms with Crippen LogP contribution in [-0.2, 0) is 13.0 Å². The number of nitrogens with one attached hydrogen (secondary N) is 1. The molecule has 8 nitrogen and oxygen atoms in total. The van der Waals surface area contributed by atoms with Gasteiger partial charge in [-0.2, -0.15) is 0 Å². The minimum atomic E-state index is -0.616. The van der Waals surface area contributed by atoms with E-state index in [9.17, 15) is 4.39 Å². The molecular weight excluding hydrogens is 510 g/mol. The molecule has 3 aliphatic rings. The molecule has 40 heavy (non-hydrogen) atoms. The van der Waals surface area contributed by atoms with E-state index in [0.29, 0.717) is 27.8 Å². The number of pyridine rings is 1. The molecule has 10 heteroatoms. The van der Waals surface area contributed by atoms with Gasteiger partial charge in [0.1, 0.15) is 22.9 Å². The van der Waals surface area contributed by atoms with Gasteiger partial charge in [0.2, 0.25) is 5.95 Å². The van der Waals surface area contributed by atoms with Crippen molar-refractivity contribution in [2.75, 3.05) is 38.0 Å². The van der Waals surface area contributed by atoms with E-state index in [1.807, 2.05) is 16.8 Å². The summed E-state index contributed by atoms with van der Waals surface area (Å²) >= 11 is 0. The second-order valence-electron chi connectivity index (χ2n) is 11.8. The average Bonchev–Trinajstić information content (AvgIpc) is 3.50. The summed E-state index contributed by atoms with van der Waals surface area (Å²) in [5.41, 5.74) is 3.06. The summed E-state index contributed by atoms with van der Waals surface area (Å²) in [6, 6.07) is 7.23. The molecule has 0 saturated carbocycles. The van der Waals surface area contributed by atoms with E-state index in [-0.39, 0.29) is 17.7 Å². The third-order valence-corrected chi connectivity index (χ3v) is 9.02. The lowest BCUT2D eigenvalue weighted by molar-refractivity contribution is -0.0447. The van der Waals surface area contributed by atoms with E-state index in [2.05, 4.69) is 55.0 Å². The number of piperidine rings is 1. The number of hydrogen-bond donors (Lipinski definition) is 1. The lowest BCUT2D eigenvalue weighted by Crippen LogP contribution is -2.59. The lowest BCUT2D eigenvalue weighted by atomic mass is 9.72. The number of anilines is 2. The summed E-state index contributed by atoms with van der Waals surface area (Å²) in [5.74, 6) is 0.536. The molecule has 1 spiro atoms. The molecule has 1 atom stereocenters. The van der Waals surface area contributed by atoms with Gasteiger partial charge < -0.3 is 14.8 Å². The maximum absolute atomic E-state index is 15.0. The van der Waals surface area contributed by atoms with Gasteiger partial charge in [-0.15, -0.1) is 0 Å². The van der Waals surface area contributed by atoms with Gasteiger partial charge in [0.15, 0.2) is 11.6 Å². The van der Waals surface area contributed by atoms with Crippen molar-refractivity contribution in [2.45, 2.75) is 52.1 Å². The fourth-order valence-corrected chi connectivity index (χ4v) is 6.70. The highest BCUT2D eigenvalue weighted by Crippen LogP contribution is 2.40. The van der Waals surface area contributed by atoms with Crippen LogP contribution in [0.5, 0.6) is 0 Å². The molecule has 0 bridgehead atoms. The van der Waals surface area contributed by atoms with Crippen molar-refractivity contribution >= 4 is 22.8 Å². The fourth-order valence-electron chi connectivity index (χ4n) is 6.70. The summed E-state index contributed by atoms with van der Waals surface area (Å²) in [6.45, 7) is 11.1. The first kappa shape index (κ1) is 25.5. The first-order valence-corrected chi connectivity index (χ1v) is 14.3. The Hall–Kier alpha value is -3.50. The molecule has 2 fully saturated rings. The summed E-state index contributed by atoms with van der Waals surface area (Å²) < 4.78 is 31.9. The number of benzene rings is 1. The third kappa shape index (κ3) is 4.53. The molecular formula is C30H34F2N8. The Morgan fingerprint density at radius 1 is 1.00 bits per heavy atom. The van der Waals surface area contributed by atoms with Crippen molar-refractivity contribution in [2.24, 2.45) is 5.41 Å². The highest BCUT2D eigenvalue weighted by atomic mass is 19.1. The fraction of sp³-hybridized carbons (Fsp3) is 0.467. The molecule has 2 saturated heterocycles. The van der Waals surface area contributed by atoms with Crippen LogP contribution in [0.25, 0.3) is 22.3 Å². The highest BCUT2D eigenvalue weighted by Gasteiger charge is 2.43. The first-order valence-electron chi connectivity index (χ1n) is 14.3. The van der Waals surface area contributed by atoms with Crippen LogP contribution in [0.2, 0.25) is 0 Å². The largest absolute Gasteiger partial charge is 0.325 e. The summed E-state index contributed by atoms with van der Waals surface area (Å²) in [7, 11) is 0. The molecule has 1 unspecified atom stereocenters.